The zero-order valence-electron chi connectivity index (χ0n) is 8.44. The van der Waals surface area contributed by atoms with Crippen LogP contribution in [0.1, 0.15) is 13.8 Å². The van der Waals surface area contributed by atoms with E-state index in [1.165, 1.54) is 11.8 Å². The van der Waals surface area contributed by atoms with E-state index in [-0.39, 0.29) is 17.1 Å². The SMILES string of the molecule is CC(C)C(N)C(=O)Sc1ccccc1. The van der Waals surface area contributed by atoms with Crippen LogP contribution in [0.25, 0.3) is 0 Å². The molecule has 1 rings (SSSR count). The molecule has 2 nitrogen and oxygen atoms in total. The number of carbonyl (C=O) groups excluding carboxylic acids is 1. The van der Waals surface area contributed by atoms with Crippen molar-refractivity contribution in [2.24, 2.45) is 11.7 Å². The predicted molar refractivity (Wildman–Crippen MR) is 60.1 cm³/mol. The molecule has 0 heterocycles. The zero-order chi connectivity index (χ0) is 10.6. The third kappa shape index (κ3) is 3.16. The molecule has 0 bridgehead atoms. The van der Waals surface area contributed by atoms with E-state index in [2.05, 4.69) is 0 Å². The van der Waals surface area contributed by atoms with Crippen LogP contribution in [0, 0.1) is 5.92 Å². The Hall–Kier alpha value is -0.800. The molecule has 0 saturated heterocycles. The van der Waals surface area contributed by atoms with Gasteiger partial charge < -0.3 is 5.73 Å². The van der Waals surface area contributed by atoms with Crippen LogP contribution in [-0.2, 0) is 4.79 Å². The monoisotopic (exact) mass is 209 g/mol. The van der Waals surface area contributed by atoms with E-state index in [0.717, 1.165) is 4.90 Å². The van der Waals surface area contributed by atoms with Crippen molar-refractivity contribution in [2.75, 3.05) is 0 Å². The maximum atomic E-state index is 11.6. The highest BCUT2D eigenvalue weighted by molar-refractivity contribution is 8.13. The van der Waals surface area contributed by atoms with Crippen molar-refractivity contribution >= 4 is 16.9 Å². The van der Waals surface area contributed by atoms with E-state index in [0.29, 0.717) is 0 Å². The van der Waals surface area contributed by atoms with Crippen molar-refractivity contribution in [3.8, 4) is 0 Å². The van der Waals surface area contributed by atoms with Crippen molar-refractivity contribution in [1.82, 2.24) is 0 Å². The van der Waals surface area contributed by atoms with Gasteiger partial charge in [0.05, 0.1) is 6.04 Å². The maximum Gasteiger partial charge on any atom is 0.210 e. The van der Waals surface area contributed by atoms with E-state index in [4.69, 9.17) is 5.73 Å². The number of rotatable bonds is 3. The Morgan fingerprint density at radius 1 is 1.29 bits per heavy atom. The first-order chi connectivity index (χ1) is 6.61. The van der Waals surface area contributed by atoms with Crippen LogP contribution >= 0.6 is 11.8 Å². The fourth-order valence-electron chi connectivity index (χ4n) is 0.945. The van der Waals surface area contributed by atoms with Crippen LogP contribution < -0.4 is 5.73 Å². The average molecular weight is 209 g/mol. The Bertz CT molecular complexity index is 297. The molecule has 0 aromatic heterocycles. The molecule has 0 radical (unpaired) electrons. The number of thioether (sulfide) groups is 1. The standard InChI is InChI=1S/C11H15NOS/c1-8(2)10(12)11(13)14-9-6-4-3-5-7-9/h3-8,10H,12H2,1-2H3. The summed E-state index contributed by atoms with van der Waals surface area (Å²) in [6.07, 6.45) is 0. The Balaban J connectivity index is 2.58. The summed E-state index contributed by atoms with van der Waals surface area (Å²) < 4.78 is 0. The van der Waals surface area contributed by atoms with Crippen molar-refractivity contribution in [3.63, 3.8) is 0 Å². The third-order valence-corrected chi connectivity index (χ3v) is 2.93. The van der Waals surface area contributed by atoms with Crippen LogP contribution in [0.5, 0.6) is 0 Å². The summed E-state index contributed by atoms with van der Waals surface area (Å²) >= 11 is 1.22. The average Bonchev–Trinajstić information content (AvgIpc) is 2.18. The lowest BCUT2D eigenvalue weighted by atomic mass is 10.1. The van der Waals surface area contributed by atoms with Crippen molar-refractivity contribution < 1.29 is 4.79 Å². The second kappa shape index (κ2) is 5.17. The first-order valence-electron chi connectivity index (χ1n) is 4.63. The van der Waals surface area contributed by atoms with Gasteiger partial charge in [0.2, 0.25) is 5.12 Å². The van der Waals surface area contributed by atoms with Gasteiger partial charge >= 0.3 is 0 Å². The van der Waals surface area contributed by atoms with Gasteiger partial charge in [0.15, 0.2) is 0 Å². The summed E-state index contributed by atoms with van der Waals surface area (Å²) in [6.45, 7) is 3.90. The summed E-state index contributed by atoms with van der Waals surface area (Å²) in [6, 6.07) is 9.20. The normalized spacial score (nSPS) is 12.9. The molecule has 0 aliphatic carbocycles. The minimum absolute atomic E-state index is 0.0335. The van der Waals surface area contributed by atoms with Gasteiger partial charge in [-0.25, -0.2) is 0 Å². The highest BCUT2D eigenvalue weighted by atomic mass is 32.2. The van der Waals surface area contributed by atoms with E-state index >= 15 is 0 Å². The Morgan fingerprint density at radius 2 is 1.86 bits per heavy atom. The van der Waals surface area contributed by atoms with Gasteiger partial charge in [0, 0.05) is 4.90 Å². The molecule has 3 heteroatoms. The maximum absolute atomic E-state index is 11.6. The molecule has 1 aromatic carbocycles. The van der Waals surface area contributed by atoms with Gasteiger partial charge in [-0.1, -0.05) is 43.8 Å². The molecule has 2 N–H and O–H groups in total. The smallest absolute Gasteiger partial charge is 0.210 e. The van der Waals surface area contributed by atoms with Crippen molar-refractivity contribution in [2.45, 2.75) is 24.8 Å². The third-order valence-electron chi connectivity index (χ3n) is 1.95. The summed E-state index contributed by atoms with van der Waals surface area (Å²) in [7, 11) is 0. The highest BCUT2D eigenvalue weighted by Gasteiger charge is 2.17. The minimum Gasteiger partial charge on any atom is -0.321 e. The largest absolute Gasteiger partial charge is 0.321 e. The molecule has 0 amide bonds. The lowest BCUT2D eigenvalue weighted by molar-refractivity contribution is -0.112. The Morgan fingerprint density at radius 3 is 2.36 bits per heavy atom. The van der Waals surface area contributed by atoms with Crippen LogP contribution in [0.4, 0.5) is 0 Å². The quantitative estimate of drug-likeness (QED) is 0.777. The van der Waals surface area contributed by atoms with E-state index in [1.807, 2.05) is 44.2 Å². The van der Waals surface area contributed by atoms with Gasteiger partial charge in [-0.2, -0.15) is 0 Å². The topological polar surface area (TPSA) is 43.1 Å². The van der Waals surface area contributed by atoms with Gasteiger partial charge in [0.25, 0.3) is 0 Å². The first-order valence-corrected chi connectivity index (χ1v) is 5.45. The van der Waals surface area contributed by atoms with Gasteiger partial charge in [0.1, 0.15) is 0 Å². The van der Waals surface area contributed by atoms with E-state index < -0.39 is 0 Å². The van der Waals surface area contributed by atoms with Crippen LogP contribution in [0.2, 0.25) is 0 Å². The lowest BCUT2D eigenvalue weighted by Crippen LogP contribution is -2.33. The molecule has 0 aliphatic heterocycles. The molecular weight excluding hydrogens is 194 g/mol. The second-order valence-electron chi connectivity index (χ2n) is 3.50. The fourth-order valence-corrected chi connectivity index (χ4v) is 1.88. The summed E-state index contributed by atoms with van der Waals surface area (Å²) in [4.78, 5) is 12.5. The summed E-state index contributed by atoms with van der Waals surface area (Å²) in [5.41, 5.74) is 5.74. The van der Waals surface area contributed by atoms with Crippen molar-refractivity contribution in [3.05, 3.63) is 30.3 Å². The Labute approximate surface area is 88.9 Å². The molecule has 0 aliphatic rings. The van der Waals surface area contributed by atoms with E-state index in [9.17, 15) is 4.79 Å². The number of benzene rings is 1. The molecule has 0 spiro atoms. The zero-order valence-corrected chi connectivity index (χ0v) is 9.25. The van der Waals surface area contributed by atoms with Gasteiger partial charge in [-0.05, 0) is 18.1 Å². The predicted octanol–water partition coefficient (Wildman–Crippen LogP) is 2.29. The number of carbonyl (C=O) groups is 1. The summed E-state index contributed by atoms with van der Waals surface area (Å²) in [5.74, 6) is 0.193. The Kier molecular flexibility index (Phi) is 4.17. The minimum atomic E-state index is -0.375. The van der Waals surface area contributed by atoms with Crippen LogP contribution in [-0.4, -0.2) is 11.2 Å². The molecule has 0 fully saturated rings. The first kappa shape index (κ1) is 11.3. The molecule has 1 unspecified atom stereocenters. The molecule has 1 atom stereocenters. The molecule has 76 valence electrons. The van der Waals surface area contributed by atoms with Crippen molar-refractivity contribution in [1.29, 1.82) is 0 Å². The number of hydrogen-bond donors (Lipinski definition) is 1. The highest BCUT2D eigenvalue weighted by Crippen LogP contribution is 2.20. The number of nitrogens with two attached hydrogens (primary N) is 1. The van der Waals surface area contributed by atoms with E-state index in [1.54, 1.807) is 0 Å². The van der Waals surface area contributed by atoms with Gasteiger partial charge in [-0.15, -0.1) is 0 Å². The van der Waals surface area contributed by atoms with Gasteiger partial charge in [-0.3, -0.25) is 4.79 Å². The molecule has 14 heavy (non-hydrogen) atoms. The van der Waals surface area contributed by atoms with Crippen LogP contribution in [0.15, 0.2) is 35.2 Å². The lowest BCUT2D eigenvalue weighted by Gasteiger charge is -2.12. The second-order valence-corrected chi connectivity index (χ2v) is 4.58. The molecule has 0 saturated carbocycles. The molecular formula is C11H15NOS. The van der Waals surface area contributed by atoms with Crippen LogP contribution in [0.3, 0.4) is 0 Å². The fraction of sp³-hybridized carbons (Fsp3) is 0.364. The molecule has 1 aromatic rings. The number of hydrogen-bond acceptors (Lipinski definition) is 3. The summed E-state index contributed by atoms with van der Waals surface area (Å²) in [5, 5.41) is 0.0335.